The van der Waals surface area contributed by atoms with Gasteiger partial charge < -0.3 is 4.90 Å². The molecule has 0 aromatic rings. The molecular formula is C13H22N4O9S2. The van der Waals surface area contributed by atoms with Crippen molar-refractivity contribution in [1.29, 1.82) is 0 Å². The number of urea groups is 1. The number of fused-ring (bicyclic) bond motifs is 2. The Balaban J connectivity index is 1.54. The summed E-state index contributed by atoms with van der Waals surface area (Å²) in [5, 5.41) is 0.548. The monoisotopic (exact) mass is 442 g/mol. The van der Waals surface area contributed by atoms with Crippen LogP contribution in [0.4, 0.5) is 4.79 Å². The number of piperidine rings is 1. The van der Waals surface area contributed by atoms with E-state index in [2.05, 4.69) is 9.76 Å². The third-order valence-electron chi connectivity index (χ3n) is 5.00. The average Bonchev–Trinajstić information content (AvgIpc) is 3.13. The molecule has 3 amide bonds. The summed E-state index contributed by atoms with van der Waals surface area (Å²) in [5.74, 6) is -0.607. The van der Waals surface area contributed by atoms with Crippen molar-refractivity contribution < 1.29 is 40.1 Å². The predicted molar refractivity (Wildman–Crippen MR) is 92.1 cm³/mol. The average molecular weight is 442 g/mol. The van der Waals surface area contributed by atoms with Crippen LogP contribution in [0.2, 0.25) is 0 Å². The molecule has 0 saturated carbocycles. The molecule has 0 aromatic heterocycles. The van der Waals surface area contributed by atoms with Crippen molar-refractivity contribution in [3.63, 3.8) is 0 Å². The Morgan fingerprint density at radius 2 is 1.96 bits per heavy atom. The van der Waals surface area contributed by atoms with Crippen molar-refractivity contribution in [2.24, 2.45) is 0 Å². The molecule has 28 heavy (non-hydrogen) atoms. The molecule has 3 aliphatic heterocycles. The molecule has 3 atom stereocenters. The number of hydrogen-bond acceptors (Lipinski definition) is 8. The van der Waals surface area contributed by atoms with Crippen molar-refractivity contribution in [3.05, 3.63) is 0 Å². The van der Waals surface area contributed by atoms with Crippen molar-refractivity contribution >= 4 is 32.4 Å². The summed E-state index contributed by atoms with van der Waals surface area (Å²) >= 11 is 0. The SMILES string of the molecule is CS(=O)(=O)N1CCCC1CONC(=O)[C@@H]1CCC2CN1C(=O)N2OS(=O)(=O)O. The number of carbonyl (C=O) groups is 2. The molecule has 3 fully saturated rings. The maximum Gasteiger partial charge on any atom is 0.418 e. The summed E-state index contributed by atoms with van der Waals surface area (Å²) in [6.45, 7) is 0.438. The fourth-order valence-electron chi connectivity index (χ4n) is 3.79. The van der Waals surface area contributed by atoms with Crippen LogP contribution in [0.25, 0.3) is 0 Å². The molecule has 0 spiro atoms. The van der Waals surface area contributed by atoms with Gasteiger partial charge in [0, 0.05) is 13.1 Å². The largest absolute Gasteiger partial charge is 0.418 e. The normalized spacial score (nSPS) is 28.8. The lowest BCUT2D eigenvalue weighted by atomic mass is 10.0. The molecule has 0 aromatic carbocycles. The molecular weight excluding hydrogens is 420 g/mol. The second kappa shape index (κ2) is 7.72. The van der Waals surface area contributed by atoms with Gasteiger partial charge in [0.15, 0.2) is 0 Å². The highest BCUT2D eigenvalue weighted by molar-refractivity contribution is 7.88. The molecule has 0 radical (unpaired) electrons. The summed E-state index contributed by atoms with van der Waals surface area (Å²) in [6.07, 6.45) is 2.96. The molecule has 160 valence electrons. The number of hydrogen-bond donors (Lipinski definition) is 2. The van der Waals surface area contributed by atoms with Crippen molar-refractivity contribution in [2.45, 2.75) is 43.8 Å². The van der Waals surface area contributed by atoms with Gasteiger partial charge in [0.05, 0.1) is 24.9 Å². The highest BCUT2D eigenvalue weighted by Crippen LogP contribution is 2.30. The Morgan fingerprint density at radius 3 is 2.61 bits per heavy atom. The van der Waals surface area contributed by atoms with E-state index in [1.54, 1.807) is 0 Å². The van der Waals surface area contributed by atoms with Gasteiger partial charge in [-0.15, -0.1) is 4.28 Å². The molecule has 0 aliphatic carbocycles. The van der Waals surface area contributed by atoms with Gasteiger partial charge in [-0.05, 0) is 25.7 Å². The minimum Gasteiger partial charge on any atom is -0.309 e. The Morgan fingerprint density at radius 1 is 1.25 bits per heavy atom. The van der Waals surface area contributed by atoms with E-state index in [0.717, 1.165) is 11.2 Å². The van der Waals surface area contributed by atoms with E-state index >= 15 is 0 Å². The van der Waals surface area contributed by atoms with Crippen LogP contribution >= 0.6 is 0 Å². The Bertz CT molecular complexity index is 846. The van der Waals surface area contributed by atoms with Crippen molar-refractivity contribution in [3.8, 4) is 0 Å². The zero-order valence-electron chi connectivity index (χ0n) is 15.1. The van der Waals surface area contributed by atoms with Gasteiger partial charge in [-0.3, -0.25) is 14.2 Å². The Kier molecular flexibility index (Phi) is 5.84. The van der Waals surface area contributed by atoms with Crippen LogP contribution in [0, 0.1) is 0 Å². The molecule has 15 heteroatoms. The summed E-state index contributed by atoms with van der Waals surface area (Å²) in [7, 11) is -8.22. The van der Waals surface area contributed by atoms with Gasteiger partial charge in [-0.2, -0.15) is 17.8 Å². The second-order valence-corrected chi connectivity index (χ2v) is 9.90. The first kappa shape index (κ1) is 21.2. The van der Waals surface area contributed by atoms with Crippen LogP contribution in [0.3, 0.4) is 0 Å². The topological polar surface area (TPSA) is 163 Å². The van der Waals surface area contributed by atoms with E-state index in [9.17, 15) is 26.4 Å². The minimum atomic E-state index is -4.86. The van der Waals surface area contributed by atoms with Crippen LogP contribution in [-0.4, -0.2) is 91.7 Å². The highest BCUT2D eigenvalue weighted by atomic mass is 32.3. The number of amides is 3. The molecule has 2 unspecified atom stereocenters. The third kappa shape index (κ3) is 4.55. The first-order valence-electron chi connectivity index (χ1n) is 8.62. The zero-order chi connectivity index (χ0) is 20.7. The van der Waals surface area contributed by atoms with E-state index in [0.29, 0.717) is 30.9 Å². The maximum absolute atomic E-state index is 12.4. The van der Waals surface area contributed by atoms with Crippen LogP contribution in [0.1, 0.15) is 25.7 Å². The standard InChI is InChI=1S/C13H22N4O9S2/c1-27(20,21)16-6-2-3-10(16)8-25-14-12(18)11-5-4-9-7-15(11)13(19)17(9)26-28(22,23)24/h9-11H,2-8H2,1H3,(H,14,18)(H,22,23,24)/t9?,10?,11-/m0/s1. The van der Waals surface area contributed by atoms with Crippen molar-refractivity contribution in [2.75, 3.05) is 26.0 Å². The minimum absolute atomic E-state index is 0.0277. The quantitative estimate of drug-likeness (QED) is 0.351. The zero-order valence-corrected chi connectivity index (χ0v) is 16.7. The Labute approximate surface area is 162 Å². The number of rotatable bonds is 7. The van der Waals surface area contributed by atoms with Gasteiger partial charge >= 0.3 is 16.4 Å². The number of carbonyl (C=O) groups excluding carboxylic acids is 2. The maximum atomic E-state index is 12.4. The lowest BCUT2D eigenvalue weighted by Gasteiger charge is -2.29. The smallest absolute Gasteiger partial charge is 0.309 e. The highest BCUT2D eigenvalue weighted by Gasteiger charge is 2.49. The summed E-state index contributed by atoms with van der Waals surface area (Å²) in [4.78, 5) is 31.0. The fraction of sp³-hybridized carbons (Fsp3) is 0.846. The number of nitrogens with zero attached hydrogens (tertiary/aromatic N) is 3. The second-order valence-electron chi connectivity index (χ2n) is 6.96. The molecule has 2 N–H and O–H groups in total. The lowest BCUT2D eigenvalue weighted by molar-refractivity contribution is -0.139. The van der Waals surface area contributed by atoms with Crippen molar-refractivity contribution in [1.82, 2.24) is 19.7 Å². The molecule has 3 aliphatic rings. The Hall–Kier alpha value is -1.52. The van der Waals surface area contributed by atoms with Crippen LogP contribution in [-0.2, 0) is 34.3 Å². The summed E-state index contributed by atoms with van der Waals surface area (Å²) in [6, 6.07) is -2.72. The molecule has 3 rings (SSSR count). The van der Waals surface area contributed by atoms with E-state index in [-0.39, 0.29) is 25.6 Å². The van der Waals surface area contributed by atoms with E-state index in [4.69, 9.17) is 9.39 Å². The summed E-state index contributed by atoms with van der Waals surface area (Å²) in [5.41, 5.74) is 2.24. The number of nitrogens with one attached hydrogen (secondary N) is 1. The van der Waals surface area contributed by atoms with Gasteiger partial charge in [-0.25, -0.2) is 18.7 Å². The molecule has 13 nitrogen and oxygen atoms in total. The van der Waals surface area contributed by atoms with Gasteiger partial charge in [0.25, 0.3) is 5.91 Å². The van der Waals surface area contributed by atoms with Gasteiger partial charge in [0.2, 0.25) is 10.0 Å². The summed E-state index contributed by atoms with van der Waals surface area (Å²) < 4.78 is 59.5. The first-order chi connectivity index (χ1) is 13.0. The third-order valence-corrected chi connectivity index (χ3v) is 6.68. The first-order valence-corrected chi connectivity index (χ1v) is 11.8. The predicted octanol–water partition coefficient (Wildman–Crippen LogP) is -1.54. The van der Waals surface area contributed by atoms with E-state index in [1.807, 2.05) is 0 Å². The van der Waals surface area contributed by atoms with Crippen LogP contribution < -0.4 is 5.48 Å². The van der Waals surface area contributed by atoms with Gasteiger partial charge in [-0.1, -0.05) is 0 Å². The van der Waals surface area contributed by atoms with Crippen LogP contribution in [0.5, 0.6) is 0 Å². The number of sulfonamides is 1. The van der Waals surface area contributed by atoms with E-state index < -0.39 is 44.4 Å². The molecule has 3 saturated heterocycles. The van der Waals surface area contributed by atoms with Gasteiger partial charge in [0.1, 0.15) is 6.04 Å². The molecule has 3 heterocycles. The molecule has 2 bridgehead atoms. The fourth-order valence-corrected chi connectivity index (χ4v) is 5.35. The number of hydroxylamine groups is 3. The van der Waals surface area contributed by atoms with E-state index in [1.165, 1.54) is 4.31 Å². The van der Waals surface area contributed by atoms with Crippen LogP contribution in [0.15, 0.2) is 0 Å². The lowest BCUT2D eigenvalue weighted by Crippen LogP contribution is -2.50.